The van der Waals surface area contributed by atoms with Gasteiger partial charge in [0.2, 0.25) is 0 Å². The maximum atomic E-state index is 12.6. The zero-order chi connectivity index (χ0) is 20.3. The summed E-state index contributed by atoms with van der Waals surface area (Å²) < 4.78 is 3.01. The van der Waals surface area contributed by atoms with Crippen LogP contribution in [-0.4, -0.2) is 15.4 Å². The number of aryl methyl sites for hydroxylation is 1. The van der Waals surface area contributed by atoms with Crippen LogP contribution in [0.4, 0.5) is 5.69 Å². The Morgan fingerprint density at radius 2 is 1.93 bits per heavy atom. The van der Waals surface area contributed by atoms with Crippen molar-refractivity contribution < 1.29 is 9.72 Å². The predicted molar refractivity (Wildman–Crippen MR) is 113 cm³/mol. The molecule has 144 valence electrons. The highest BCUT2D eigenvalue weighted by Gasteiger charge is 2.16. The van der Waals surface area contributed by atoms with Crippen LogP contribution in [0.2, 0.25) is 0 Å². The summed E-state index contributed by atoms with van der Waals surface area (Å²) in [6.45, 7) is 4.73. The Bertz CT molecular complexity index is 1100. The van der Waals surface area contributed by atoms with Crippen molar-refractivity contribution in [2.45, 2.75) is 26.8 Å². The molecule has 0 radical (unpaired) electrons. The molecule has 1 heterocycles. The van der Waals surface area contributed by atoms with Gasteiger partial charge < -0.3 is 4.57 Å². The number of carbonyl (C=O) groups excluding carboxylic acids is 1. The lowest BCUT2D eigenvalue weighted by atomic mass is 10.1. The first-order valence-electron chi connectivity index (χ1n) is 8.76. The van der Waals surface area contributed by atoms with Crippen molar-refractivity contribution in [2.24, 2.45) is 4.99 Å². The van der Waals surface area contributed by atoms with Crippen LogP contribution in [0, 0.1) is 10.1 Å². The molecular weight excluding hydrogens is 442 g/mol. The van der Waals surface area contributed by atoms with E-state index in [0.29, 0.717) is 11.3 Å². The van der Waals surface area contributed by atoms with Crippen LogP contribution in [-0.2, 0) is 13.0 Å². The molecule has 0 bridgehead atoms. The average molecular weight is 460 g/mol. The van der Waals surface area contributed by atoms with Gasteiger partial charge in [-0.05, 0) is 37.1 Å². The molecule has 0 aliphatic carbocycles. The summed E-state index contributed by atoms with van der Waals surface area (Å²) in [6, 6.07) is 13.7. The van der Waals surface area contributed by atoms with Crippen molar-refractivity contribution in [3.8, 4) is 11.3 Å². The number of rotatable bonds is 5. The number of halogens is 1. The van der Waals surface area contributed by atoms with E-state index in [2.05, 4.69) is 27.8 Å². The Kier molecular flexibility index (Phi) is 6.21. The van der Waals surface area contributed by atoms with E-state index < -0.39 is 10.8 Å². The van der Waals surface area contributed by atoms with E-state index in [1.54, 1.807) is 6.07 Å². The van der Waals surface area contributed by atoms with E-state index in [1.807, 2.05) is 35.8 Å². The van der Waals surface area contributed by atoms with Crippen molar-refractivity contribution >= 4 is 38.9 Å². The number of amides is 1. The van der Waals surface area contributed by atoms with Crippen molar-refractivity contribution in [1.82, 2.24) is 4.57 Å². The first-order valence-corrected chi connectivity index (χ1v) is 10.4. The quantitative estimate of drug-likeness (QED) is 0.387. The number of thiazole rings is 1. The van der Waals surface area contributed by atoms with Gasteiger partial charge in [0.15, 0.2) is 4.80 Å². The molecule has 28 heavy (non-hydrogen) atoms. The van der Waals surface area contributed by atoms with Gasteiger partial charge in [0.1, 0.15) is 0 Å². The molecule has 3 rings (SSSR count). The van der Waals surface area contributed by atoms with Gasteiger partial charge >= 0.3 is 0 Å². The Morgan fingerprint density at radius 1 is 1.21 bits per heavy atom. The summed E-state index contributed by atoms with van der Waals surface area (Å²) in [6.07, 6.45) is 0.816. The molecule has 0 aliphatic heterocycles. The number of nitro groups is 1. The zero-order valence-electron chi connectivity index (χ0n) is 15.4. The third-order valence-corrected chi connectivity index (χ3v) is 5.99. The molecule has 3 aromatic rings. The van der Waals surface area contributed by atoms with Crippen LogP contribution in [0.25, 0.3) is 11.3 Å². The minimum absolute atomic E-state index is 0.125. The van der Waals surface area contributed by atoms with Gasteiger partial charge in [-0.3, -0.25) is 14.9 Å². The topological polar surface area (TPSA) is 77.5 Å². The Labute approximate surface area is 174 Å². The Morgan fingerprint density at radius 3 is 2.54 bits per heavy atom. The standard InChI is InChI=1S/C20H18BrN3O3S/c1-3-17-18(13-8-10-15(21)11-9-13)23(4-2)20(28-17)22-19(25)14-6-5-7-16(12-14)24(26)27/h5-12H,3-4H2,1-2H3. The fraction of sp³-hybridized carbons (Fsp3) is 0.200. The molecule has 1 aromatic heterocycles. The molecule has 0 saturated carbocycles. The van der Waals surface area contributed by atoms with E-state index in [0.717, 1.165) is 27.0 Å². The highest BCUT2D eigenvalue weighted by molar-refractivity contribution is 9.10. The van der Waals surface area contributed by atoms with Crippen LogP contribution in [0.3, 0.4) is 0 Å². The number of hydrogen-bond donors (Lipinski definition) is 0. The fourth-order valence-electron chi connectivity index (χ4n) is 2.90. The first-order chi connectivity index (χ1) is 13.4. The van der Waals surface area contributed by atoms with Crippen LogP contribution < -0.4 is 4.80 Å². The Hall–Kier alpha value is -2.58. The van der Waals surface area contributed by atoms with Crippen molar-refractivity contribution in [3.63, 3.8) is 0 Å². The Balaban J connectivity index is 2.11. The minimum atomic E-state index is -0.519. The first kappa shape index (κ1) is 20.2. The largest absolute Gasteiger partial charge is 0.316 e. The summed E-state index contributed by atoms with van der Waals surface area (Å²) in [5.41, 5.74) is 2.18. The molecule has 0 N–H and O–H groups in total. The molecule has 0 fully saturated rings. The molecule has 0 saturated heterocycles. The molecule has 2 aromatic carbocycles. The van der Waals surface area contributed by atoms with Gasteiger partial charge in [-0.2, -0.15) is 4.99 Å². The van der Waals surface area contributed by atoms with Gasteiger partial charge in [-0.1, -0.05) is 41.1 Å². The van der Waals surface area contributed by atoms with Crippen LogP contribution >= 0.6 is 27.3 Å². The number of aromatic nitrogens is 1. The highest BCUT2D eigenvalue weighted by atomic mass is 79.9. The number of nitro benzene ring substituents is 1. The van der Waals surface area contributed by atoms with Crippen LogP contribution in [0.5, 0.6) is 0 Å². The number of nitrogens with zero attached hydrogens (tertiary/aromatic N) is 3. The van der Waals surface area contributed by atoms with E-state index in [9.17, 15) is 14.9 Å². The molecule has 6 nitrogen and oxygen atoms in total. The van der Waals surface area contributed by atoms with Crippen LogP contribution in [0.1, 0.15) is 29.1 Å². The lowest BCUT2D eigenvalue weighted by Crippen LogP contribution is -2.17. The number of non-ortho nitro benzene ring substituents is 1. The fourth-order valence-corrected chi connectivity index (χ4v) is 4.32. The van der Waals surface area contributed by atoms with Gasteiger partial charge in [0.25, 0.3) is 11.6 Å². The second kappa shape index (κ2) is 8.62. The monoisotopic (exact) mass is 459 g/mol. The van der Waals surface area contributed by atoms with E-state index in [4.69, 9.17) is 0 Å². The SMILES string of the molecule is CCc1sc(=NC(=O)c2cccc([N+](=O)[O-])c2)n(CC)c1-c1ccc(Br)cc1. The van der Waals surface area contributed by atoms with Gasteiger partial charge in [-0.15, -0.1) is 11.3 Å². The maximum absolute atomic E-state index is 12.6. The lowest BCUT2D eigenvalue weighted by Gasteiger charge is -2.08. The normalized spacial score (nSPS) is 11.6. The van der Waals surface area contributed by atoms with Gasteiger partial charge in [0, 0.05) is 33.6 Å². The van der Waals surface area contributed by atoms with E-state index in [1.165, 1.54) is 29.5 Å². The van der Waals surface area contributed by atoms with Crippen molar-refractivity contribution in [2.75, 3.05) is 0 Å². The maximum Gasteiger partial charge on any atom is 0.279 e. The van der Waals surface area contributed by atoms with Crippen molar-refractivity contribution in [3.05, 3.63) is 78.4 Å². The van der Waals surface area contributed by atoms with Crippen LogP contribution in [0.15, 0.2) is 58.0 Å². The van der Waals surface area contributed by atoms with Gasteiger partial charge in [0.05, 0.1) is 10.6 Å². The smallest absolute Gasteiger partial charge is 0.279 e. The summed E-state index contributed by atoms with van der Waals surface area (Å²) in [5.74, 6) is -0.489. The summed E-state index contributed by atoms with van der Waals surface area (Å²) >= 11 is 4.93. The van der Waals surface area contributed by atoms with Gasteiger partial charge in [-0.25, -0.2) is 0 Å². The van der Waals surface area contributed by atoms with E-state index >= 15 is 0 Å². The number of hydrogen-bond acceptors (Lipinski definition) is 4. The number of carbonyl (C=O) groups is 1. The second-order valence-corrected chi connectivity index (χ2v) is 7.96. The average Bonchev–Trinajstić information content (AvgIpc) is 3.05. The molecule has 0 unspecified atom stereocenters. The molecule has 0 atom stereocenters. The summed E-state index contributed by atoms with van der Waals surface area (Å²) in [5, 5.41) is 11.0. The minimum Gasteiger partial charge on any atom is -0.316 e. The van der Waals surface area contributed by atoms with Crippen molar-refractivity contribution in [1.29, 1.82) is 0 Å². The molecule has 1 amide bonds. The third kappa shape index (κ3) is 4.13. The molecule has 8 heteroatoms. The third-order valence-electron chi connectivity index (χ3n) is 4.24. The lowest BCUT2D eigenvalue weighted by molar-refractivity contribution is -0.384. The summed E-state index contributed by atoms with van der Waals surface area (Å²) in [7, 11) is 0. The molecule has 0 aliphatic rings. The highest BCUT2D eigenvalue weighted by Crippen LogP contribution is 2.28. The molecule has 0 spiro atoms. The predicted octanol–water partition coefficient (Wildman–Crippen LogP) is 5.21. The number of benzene rings is 2. The zero-order valence-corrected chi connectivity index (χ0v) is 17.8. The second-order valence-electron chi connectivity index (χ2n) is 5.99. The van der Waals surface area contributed by atoms with E-state index in [-0.39, 0.29) is 11.3 Å². The summed E-state index contributed by atoms with van der Waals surface area (Å²) in [4.78, 5) is 29.1. The molecular formula is C20H18BrN3O3S.